The smallest absolute Gasteiger partial charge is 0.262 e. The van der Waals surface area contributed by atoms with Crippen LogP contribution in [0.5, 0.6) is 0 Å². The van der Waals surface area contributed by atoms with E-state index in [2.05, 4.69) is 25.8 Å². The second-order valence-electron chi connectivity index (χ2n) is 6.39. The lowest BCUT2D eigenvalue weighted by Crippen LogP contribution is -2.49. The summed E-state index contributed by atoms with van der Waals surface area (Å²) in [6, 6.07) is 2.39. The quantitative estimate of drug-likeness (QED) is 0.868. The van der Waals surface area contributed by atoms with Gasteiger partial charge in [0.25, 0.3) is 5.56 Å². The monoisotopic (exact) mass is 333 g/mol. The molecule has 2 atom stereocenters. The van der Waals surface area contributed by atoms with E-state index in [9.17, 15) is 9.59 Å². The number of aryl methyl sites for hydroxylation is 1. The van der Waals surface area contributed by atoms with Gasteiger partial charge in [-0.1, -0.05) is 6.92 Å². The van der Waals surface area contributed by atoms with E-state index in [0.717, 1.165) is 35.4 Å². The number of hydrogen-bond donors (Lipinski definition) is 0. The molecule has 0 aromatic carbocycles. The highest BCUT2D eigenvalue weighted by Crippen LogP contribution is 2.23. The summed E-state index contributed by atoms with van der Waals surface area (Å²) < 4.78 is 1.45. The number of thiophene rings is 1. The predicted molar refractivity (Wildman–Crippen MR) is 92.9 cm³/mol. The average molecular weight is 333 g/mol. The Morgan fingerprint density at radius 1 is 1.35 bits per heavy atom. The summed E-state index contributed by atoms with van der Waals surface area (Å²) in [5.41, 5.74) is -0.114. The fourth-order valence-electron chi connectivity index (χ4n) is 3.44. The number of aromatic nitrogens is 2. The lowest BCUT2D eigenvalue weighted by atomic mass is 9.97. The van der Waals surface area contributed by atoms with Crippen LogP contribution in [-0.2, 0) is 17.8 Å². The van der Waals surface area contributed by atoms with Crippen molar-refractivity contribution in [2.75, 3.05) is 0 Å². The minimum Gasteiger partial charge on any atom is -0.336 e. The van der Waals surface area contributed by atoms with Crippen molar-refractivity contribution in [1.82, 2.24) is 14.5 Å². The zero-order valence-corrected chi connectivity index (χ0v) is 14.7. The van der Waals surface area contributed by atoms with Crippen molar-refractivity contribution in [1.29, 1.82) is 0 Å². The van der Waals surface area contributed by atoms with Crippen LogP contribution in [-0.4, -0.2) is 32.4 Å². The Labute approximate surface area is 139 Å². The topological polar surface area (TPSA) is 55.2 Å². The molecule has 124 valence electrons. The van der Waals surface area contributed by atoms with Gasteiger partial charge >= 0.3 is 0 Å². The molecule has 1 amide bonds. The van der Waals surface area contributed by atoms with Crippen molar-refractivity contribution in [3.8, 4) is 0 Å². The van der Waals surface area contributed by atoms with Crippen LogP contribution in [0.2, 0.25) is 0 Å². The van der Waals surface area contributed by atoms with Crippen LogP contribution in [0, 0.1) is 0 Å². The Morgan fingerprint density at radius 3 is 2.70 bits per heavy atom. The summed E-state index contributed by atoms with van der Waals surface area (Å²) in [5, 5.41) is 0.627. The molecule has 0 bridgehead atoms. The number of fused-ring (bicyclic) bond motifs is 1. The van der Waals surface area contributed by atoms with Gasteiger partial charge in [0.2, 0.25) is 5.91 Å². The maximum absolute atomic E-state index is 12.7. The summed E-state index contributed by atoms with van der Waals surface area (Å²) in [6.45, 7) is 6.31. The Hall–Kier alpha value is -1.69. The molecule has 2 aromatic rings. The van der Waals surface area contributed by atoms with Crippen molar-refractivity contribution in [2.24, 2.45) is 0 Å². The number of likely N-dealkylation sites (tertiary alicyclic amines) is 1. The van der Waals surface area contributed by atoms with Gasteiger partial charge in [0.1, 0.15) is 11.4 Å². The Balaban J connectivity index is 1.87. The van der Waals surface area contributed by atoms with Crippen molar-refractivity contribution in [2.45, 2.75) is 65.1 Å². The van der Waals surface area contributed by atoms with E-state index in [4.69, 9.17) is 0 Å². The molecule has 2 unspecified atom stereocenters. The van der Waals surface area contributed by atoms with Gasteiger partial charge in [-0.15, -0.1) is 11.3 Å². The van der Waals surface area contributed by atoms with Gasteiger partial charge in [0, 0.05) is 17.0 Å². The van der Waals surface area contributed by atoms with Crippen LogP contribution < -0.4 is 5.56 Å². The van der Waals surface area contributed by atoms with E-state index in [1.165, 1.54) is 10.9 Å². The minimum absolute atomic E-state index is 0.0129. The molecule has 23 heavy (non-hydrogen) atoms. The first-order valence-electron chi connectivity index (χ1n) is 8.30. The third-order valence-corrected chi connectivity index (χ3v) is 5.89. The minimum atomic E-state index is -0.114. The van der Waals surface area contributed by atoms with Crippen LogP contribution in [0.25, 0.3) is 10.2 Å². The normalized spacial score (nSPS) is 21.8. The van der Waals surface area contributed by atoms with E-state index >= 15 is 0 Å². The number of rotatable bonds is 3. The molecule has 0 N–H and O–H groups in total. The molecular weight excluding hydrogens is 310 g/mol. The number of carbonyl (C=O) groups excluding carboxylic acids is 1. The van der Waals surface area contributed by atoms with E-state index in [1.807, 2.05) is 11.0 Å². The fourth-order valence-corrected chi connectivity index (χ4v) is 4.36. The standard InChI is InChI=1S/C17H23N3O2S/c1-4-13-8-14-16(23-13)18-10-19(17(14)22)9-15(21)20-11(2)6-5-7-12(20)3/h8,10-12H,4-7,9H2,1-3H3. The maximum atomic E-state index is 12.7. The summed E-state index contributed by atoms with van der Waals surface area (Å²) >= 11 is 1.55. The molecule has 0 radical (unpaired) electrons. The van der Waals surface area contributed by atoms with Gasteiger partial charge in [-0.25, -0.2) is 4.98 Å². The summed E-state index contributed by atoms with van der Waals surface area (Å²) in [6.07, 6.45) is 5.63. The second-order valence-corrected chi connectivity index (χ2v) is 7.51. The van der Waals surface area contributed by atoms with Crippen LogP contribution in [0.4, 0.5) is 0 Å². The Bertz CT molecular complexity index is 770. The molecule has 6 heteroatoms. The Morgan fingerprint density at radius 2 is 2.04 bits per heavy atom. The van der Waals surface area contributed by atoms with Gasteiger partial charge in [0.15, 0.2) is 0 Å². The zero-order valence-electron chi connectivity index (χ0n) is 13.9. The number of carbonyl (C=O) groups is 1. The molecule has 3 heterocycles. The molecule has 1 saturated heterocycles. The van der Waals surface area contributed by atoms with Crippen molar-refractivity contribution >= 4 is 27.5 Å². The van der Waals surface area contributed by atoms with Gasteiger partial charge in [-0.05, 0) is 45.6 Å². The Kier molecular flexibility index (Phi) is 4.53. The molecule has 5 nitrogen and oxygen atoms in total. The zero-order chi connectivity index (χ0) is 16.6. The predicted octanol–water partition coefficient (Wildman–Crippen LogP) is 2.81. The number of hydrogen-bond acceptors (Lipinski definition) is 4. The SMILES string of the molecule is CCc1cc2c(=O)n(CC(=O)N3C(C)CCCC3C)cnc2s1. The van der Waals surface area contributed by atoms with Gasteiger partial charge < -0.3 is 4.90 Å². The summed E-state index contributed by atoms with van der Waals surface area (Å²) in [4.78, 5) is 33.5. The third-order valence-electron chi connectivity index (χ3n) is 4.70. The van der Waals surface area contributed by atoms with Gasteiger partial charge in [-0.3, -0.25) is 14.2 Å². The third kappa shape index (κ3) is 3.04. The van der Waals surface area contributed by atoms with Crippen molar-refractivity contribution in [3.05, 3.63) is 27.6 Å². The molecule has 0 saturated carbocycles. The molecule has 1 aliphatic heterocycles. The largest absolute Gasteiger partial charge is 0.336 e. The highest BCUT2D eigenvalue weighted by atomic mass is 32.1. The molecule has 0 aliphatic carbocycles. The molecule has 1 aliphatic rings. The number of nitrogens with zero attached hydrogens (tertiary/aromatic N) is 3. The summed E-state index contributed by atoms with van der Waals surface area (Å²) in [5.74, 6) is 0.0129. The first kappa shape index (κ1) is 16.2. The first-order chi connectivity index (χ1) is 11.0. The van der Waals surface area contributed by atoms with Crippen LogP contribution >= 0.6 is 11.3 Å². The molecule has 0 spiro atoms. The molecule has 1 fully saturated rings. The van der Waals surface area contributed by atoms with Crippen LogP contribution in [0.1, 0.15) is 44.9 Å². The first-order valence-corrected chi connectivity index (χ1v) is 9.12. The highest BCUT2D eigenvalue weighted by Gasteiger charge is 2.29. The van der Waals surface area contributed by atoms with Crippen LogP contribution in [0.15, 0.2) is 17.2 Å². The number of amides is 1. The highest BCUT2D eigenvalue weighted by molar-refractivity contribution is 7.18. The van der Waals surface area contributed by atoms with Crippen molar-refractivity contribution < 1.29 is 4.79 Å². The molecule has 3 rings (SSSR count). The van der Waals surface area contributed by atoms with Crippen molar-refractivity contribution in [3.63, 3.8) is 0 Å². The van der Waals surface area contributed by atoms with Gasteiger partial charge in [-0.2, -0.15) is 0 Å². The second kappa shape index (κ2) is 6.43. The van der Waals surface area contributed by atoms with E-state index in [1.54, 1.807) is 11.3 Å². The molecule has 2 aromatic heterocycles. The average Bonchev–Trinajstić information content (AvgIpc) is 2.94. The van der Waals surface area contributed by atoms with Crippen LogP contribution in [0.3, 0.4) is 0 Å². The molecular formula is C17H23N3O2S. The fraction of sp³-hybridized carbons (Fsp3) is 0.588. The van der Waals surface area contributed by atoms with E-state index in [-0.39, 0.29) is 30.1 Å². The lowest BCUT2D eigenvalue weighted by Gasteiger charge is -2.39. The van der Waals surface area contributed by atoms with Gasteiger partial charge in [0.05, 0.1) is 11.7 Å². The van der Waals surface area contributed by atoms with E-state index in [0.29, 0.717) is 5.39 Å². The number of piperidine rings is 1. The van der Waals surface area contributed by atoms with E-state index < -0.39 is 0 Å². The summed E-state index contributed by atoms with van der Waals surface area (Å²) in [7, 11) is 0. The maximum Gasteiger partial charge on any atom is 0.262 e. The lowest BCUT2D eigenvalue weighted by molar-refractivity contribution is -0.138.